The zero-order valence-corrected chi connectivity index (χ0v) is 15.2. The van der Waals surface area contributed by atoms with E-state index in [-0.39, 0.29) is 23.2 Å². The molecular weight excluding hydrogens is 299 g/mol. The van der Waals surface area contributed by atoms with Gasteiger partial charge in [0.1, 0.15) is 24.5 Å². The number of hydrogen-bond acceptors (Lipinski definition) is 3. The van der Waals surface area contributed by atoms with Gasteiger partial charge in [-0.25, -0.2) is 4.39 Å². The molecule has 1 aromatic carbocycles. The first kappa shape index (κ1) is 17.4. The Labute approximate surface area is 133 Å². The molecule has 1 saturated heterocycles. The van der Waals surface area contributed by atoms with Gasteiger partial charge in [0.15, 0.2) is 8.32 Å². The maximum Gasteiger partial charge on any atom is 0.195 e. The molecule has 3 nitrogen and oxygen atoms in total. The summed E-state index contributed by atoms with van der Waals surface area (Å²) in [5.74, 6) is 0.408. The Morgan fingerprint density at radius 3 is 2.41 bits per heavy atom. The molecule has 0 saturated carbocycles. The van der Waals surface area contributed by atoms with Crippen molar-refractivity contribution in [1.82, 2.24) is 0 Å². The fraction of sp³-hybridized carbons (Fsp3) is 0.647. The van der Waals surface area contributed by atoms with E-state index in [1.54, 1.807) is 12.1 Å². The number of ether oxygens (including phenoxy) is 2. The van der Waals surface area contributed by atoms with Gasteiger partial charge in [-0.2, -0.15) is 0 Å². The van der Waals surface area contributed by atoms with Crippen LogP contribution in [0.25, 0.3) is 0 Å². The molecule has 0 N–H and O–H groups in total. The lowest BCUT2D eigenvalue weighted by Gasteiger charge is -2.38. The Kier molecular flexibility index (Phi) is 5.30. The summed E-state index contributed by atoms with van der Waals surface area (Å²) in [7, 11) is -1.80. The summed E-state index contributed by atoms with van der Waals surface area (Å²) >= 11 is 0. The van der Waals surface area contributed by atoms with Crippen molar-refractivity contribution in [3.63, 3.8) is 0 Å². The van der Waals surface area contributed by atoms with Crippen molar-refractivity contribution in [1.29, 1.82) is 0 Å². The molecule has 1 aromatic rings. The third-order valence-corrected chi connectivity index (χ3v) is 9.01. The topological polar surface area (TPSA) is 27.7 Å². The van der Waals surface area contributed by atoms with Crippen molar-refractivity contribution in [3.8, 4) is 5.75 Å². The monoisotopic (exact) mass is 326 g/mol. The van der Waals surface area contributed by atoms with E-state index in [1.165, 1.54) is 12.1 Å². The van der Waals surface area contributed by atoms with Crippen molar-refractivity contribution >= 4 is 8.32 Å². The van der Waals surface area contributed by atoms with E-state index in [1.807, 2.05) is 0 Å². The van der Waals surface area contributed by atoms with Gasteiger partial charge < -0.3 is 13.9 Å². The highest BCUT2D eigenvalue weighted by molar-refractivity contribution is 6.74. The molecule has 0 bridgehead atoms. The van der Waals surface area contributed by atoms with Gasteiger partial charge in [-0.1, -0.05) is 20.8 Å². The van der Waals surface area contributed by atoms with Gasteiger partial charge in [0.2, 0.25) is 0 Å². The summed E-state index contributed by atoms with van der Waals surface area (Å²) in [5, 5.41) is 0.180. The van der Waals surface area contributed by atoms with Crippen LogP contribution in [-0.2, 0) is 9.16 Å². The van der Waals surface area contributed by atoms with Crippen molar-refractivity contribution in [2.75, 3.05) is 6.61 Å². The molecule has 0 radical (unpaired) electrons. The molecule has 0 aliphatic carbocycles. The van der Waals surface area contributed by atoms with E-state index in [9.17, 15) is 4.39 Å². The Bertz CT molecular complexity index is 482. The van der Waals surface area contributed by atoms with Crippen molar-refractivity contribution in [2.24, 2.45) is 0 Å². The SMILES string of the molecule is CC(C)(C)[Si](C)(C)OC1CCC(COc2ccc(F)cc2)O1. The molecule has 22 heavy (non-hydrogen) atoms. The number of halogens is 1. The van der Waals surface area contributed by atoms with E-state index < -0.39 is 8.32 Å². The average molecular weight is 326 g/mol. The van der Waals surface area contributed by atoms with Gasteiger partial charge in [-0.05, 0) is 48.8 Å². The minimum Gasteiger partial charge on any atom is -0.491 e. The Hall–Kier alpha value is -0.913. The lowest BCUT2D eigenvalue weighted by molar-refractivity contribution is -0.0895. The Morgan fingerprint density at radius 1 is 1.18 bits per heavy atom. The molecule has 5 heteroatoms. The largest absolute Gasteiger partial charge is 0.491 e. The van der Waals surface area contributed by atoms with Crippen LogP contribution in [0.5, 0.6) is 5.75 Å². The molecule has 1 aliphatic heterocycles. The maximum absolute atomic E-state index is 12.8. The summed E-state index contributed by atoms with van der Waals surface area (Å²) in [6.45, 7) is 11.6. The second kappa shape index (κ2) is 6.68. The number of hydrogen-bond donors (Lipinski definition) is 0. The van der Waals surface area contributed by atoms with Crippen molar-refractivity contribution < 1.29 is 18.3 Å². The lowest BCUT2D eigenvalue weighted by atomic mass is 10.2. The highest BCUT2D eigenvalue weighted by Crippen LogP contribution is 2.39. The van der Waals surface area contributed by atoms with Gasteiger partial charge in [0, 0.05) is 6.42 Å². The summed E-state index contributed by atoms with van der Waals surface area (Å²) in [5.41, 5.74) is 0. The number of benzene rings is 1. The van der Waals surface area contributed by atoms with Gasteiger partial charge in [-0.3, -0.25) is 0 Å². The van der Waals surface area contributed by atoms with E-state index in [0.29, 0.717) is 12.4 Å². The van der Waals surface area contributed by atoms with Gasteiger partial charge in [0.25, 0.3) is 0 Å². The molecule has 1 heterocycles. The van der Waals surface area contributed by atoms with Crippen LogP contribution in [0.3, 0.4) is 0 Å². The molecule has 2 unspecified atom stereocenters. The Morgan fingerprint density at radius 2 is 1.82 bits per heavy atom. The van der Waals surface area contributed by atoms with Crippen molar-refractivity contribution in [3.05, 3.63) is 30.1 Å². The van der Waals surface area contributed by atoms with E-state index in [2.05, 4.69) is 33.9 Å². The average Bonchev–Trinajstić information content (AvgIpc) is 2.84. The highest BCUT2D eigenvalue weighted by Gasteiger charge is 2.41. The second-order valence-electron chi connectivity index (χ2n) is 7.41. The summed E-state index contributed by atoms with van der Waals surface area (Å²) in [4.78, 5) is 0. The fourth-order valence-electron chi connectivity index (χ4n) is 2.11. The van der Waals surface area contributed by atoms with E-state index in [0.717, 1.165) is 12.8 Å². The highest BCUT2D eigenvalue weighted by atomic mass is 28.4. The maximum atomic E-state index is 12.8. The van der Waals surface area contributed by atoms with Crippen LogP contribution >= 0.6 is 0 Å². The summed E-state index contributed by atoms with van der Waals surface area (Å²) < 4.78 is 30.7. The predicted molar refractivity (Wildman–Crippen MR) is 88.1 cm³/mol. The van der Waals surface area contributed by atoms with Gasteiger partial charge in [-0.15, -0.1) is 0 Å². The van der Waals surface area contributed by atoms with Crippen LogP contribution in [0.2, 0.25) is 18.1 Å². The normalized spacial score (nSPS) is 22.8. The predicted octanol–water partition coefficient (Wildman–Crippen LogP) is 4.73. The minimum absolute atomic E-state index is 0.0415. The molecule has 1 aliphatic rings. The number of rotatable bonds is 5. The van der Waals surface area contributed by atoms with Crippen LogP contribution in [0, 0.1) is 5.82 Å². The molecule has 0 aromatic heterocycles. The third kappa shape index (κ3) is 4.54. The lowest BCUT2D eigenvalue weighted by Crippen LogP contribution is -2.44. The Balaban J connectivity index is 1.79. The van der Waals surface area contributed by atoms with Crippen molar-refractivity contribution in [2.45, 2.75) is 64.1 Å². The van der Waals surface area contributed by atoms with E-state index in [4.69, 9.17) is 13.9 Å². The standard InChI is InChI=1S/C17H27FO3Si/c1-17(2,3)22(4,5)21-16-11-10-15(20-16)12-19-14-8-6-13(18)7-9-14/h6-9,15-16H,10-12H2,1-5H3. The van der Waals surface area contributed by atoms with Crippen LogP contribution in [0.1, 0.15) is 33.6 Å². The van der Waals surface area contributed by atoms with Crippen LogP contribution in [-0.4, -0.2) is 27.3 Å². The molecule has 2 atom stereocenters. The second-order valence-corrected chi connectivity index (χ2v) is 12.2. The first-order valence-electron chi connectivity index (χ1n) is 7.89. The van der Waals surface area contributed by atoms with Gasteiger partial charge >= 0.3 is 0 Å². The van der Waals surface area contributed by atoms with Crippen LogP contribution < -0.4 is 4.74 Å². The molecule has 0 spiro atoms. The quantitative estimate of drug-likeness (QED) is 0.732. The van der Waals surface area contributed by atoms with E-state index >= 15 is 0 Å². The third-order valence-electron chi connectivity index (χ3n) is 4.55. The first-order valence-corrected chi connectivity index (χ1v) is 10.8. The fourth-order valence-corrected chi connectivity index (χ4v) is 3.29. The van der Waals surface area contributed by atoms with Crippen LogP contribution in [0.15, 0.2) is 24.3 Å². The minimum atomic E-state index is -1.80. The zero-order chi connectivity index (χ0) is 16.4. The smallest absolute Gasteiger partial charge is 0.195 e. The molecule has 124 valence electrons. The van der Waals surface area contributed by atoms with Crippen LogP contribution in [0.4, 0.5) is 4.39 Å². The first-order chi connectivity index (χ1) is 10.2. The molecule has 2 rings (SSSR count). The zero-order valence-electron chi connectivity index (χ0n) is 14.2. The summed E-state index contributed by atoms with van der Waals surface area (Å²) in [6.07, 6.45) is 1.76. The molecular formula is C17H27FO3Si. The van der Waals surface area contributed by atoms with Gasteiger partial charge in [0.05, 0.1) is 6.10 Å². The molecule has 0 amide bonds. The summed E-state index contributed by atoms with van der Waals surface area (Å²) in [6, 6.07) is 6.06. The molecule has 1 fully saturated rings.